The summed E-state index contributed by atoms with van der Waals surface area (Å²) < 4.78 is 5.03. The Morgan fingerprint density at radius 3 is 2.61 bits per heavy atom. The topological polar surface area (TPSA) is 90.4 Å². The van der Waals surface area contributed by atoms with Gasteiger partial charge in [-0.15, -0.1) is 11.3 Å². The fourth-order valence-electron chi connectivity index (χ4n) is 3.65. The highest BCUT2D eigenvalue weighted by Gasteiger charge is 2.45. The molecule has 1 N–H and O–H groups in total. The van der Waals surface area contributed by atoms with E-state index in [1.165, 1.54) is 16.2 Å². The molecule has 2 aliphatic heterocycles. The van der Waals surface area contributed by atoms with Gasteiger partial charge in [0.25, 0.3) is 11.8 Å². The summed E-state index contributed by atoms with van der Waals surface area (Å²) in [6.45, 7) is 3.10. The van der Waals surface area contributed by atoms with E-state index in [-0.39, 0.29) is 37.1 Å². The van der Waals surface area contributed by atoms with Gasteiger partial charge in [0.05, 0.1) is 18.8 Å². The molecule has 28 heavy (non-hydrogen) atoms. The van der Waals surface area contributed by atoms with Crippen molar-refractivity contribution in [3.63, 3.8) is 0 Å². The lowest BCUT2D eigenvalue weighted by atomic mass is 10.0. The Balaban J connectivity index is 1.81. The molecule has 1 fully saturated rings. The third kappa shape index (κ3) is 3.77. The van der Waals surface area contributed by atoms with Gasteiger partial charge in [-0.1, -0.05) is 6.07 Å². The molecule has 3 heterocycles. The molecule has 1 aromatic heterocycles. The molecular formula is C19H25N3O5S. The number of ether oxygens (including phenoxy) is 1. The van der Waals surface area contributed by atoms with Crippen LogP contribution in [0, 0.1) is 0 Å². The Bertz CT molecular complexity index is 769. The van der Waals surface area contributed by atoms with Crippen molar-refractivity contribution in [3.8, 4) is 0 Å². The lowest BCUT2D eigenvalue weighted by molar-refractivity contribution is -0.141. The van der Waals surface area contributed by atoms with Crippen LogP contribution < -0.4 is 0 Å². The van der Waals surface area contributed by atoms with E-state index in [0.717, 1.165) is 4.88 Å². The molecule has 3 rings (SSSR count). The fraction of sp³-hybridized carbons (Fsp3) is 0.526. The highest BCUT2D eigenvalue weighted by molar-refractivity contribution is 7.11. The zero-order chi connectivity index (χ0) is 20.3. The standard InChI is InChI=1S/C19H25N3O5S/c1-3-27-19(26)21-8-6-13(7-9-21)22-17(24)15(14-5-4-12-28-14)16(18(22)25)20(2)10-11-23/h4-5,12-13,23H,3,6-11H2,1-2H3. The van der Waals surface area contributed by atoms with Gasteiger partial charge in [0.15, 0.2) is 0 Å². The van der Waals surface area contributed by atoms with Gasteiger partial charge in [0.2, 0.25) is 0 Å². The highest BCUT2D eigenvalue weighted by atomic mass is 32.1. The first-order chi connectivity index (χ1) is 13.5. The number of hydrogen-bond acceptors (Lipinski definition) is 7. The van der Waals surface area contributed by atoms with E-state index in [9.17, 15) is 19.5 Å². The maximum absolute atomic E-state index is 13.2. The minimum Gasteiger partial charge on any atom is -0.450 e. The SMILES string of the molecule is CCOC(=O)N1CCC(N2C(=O)C(c3cccs3)=C(N(C)CCO)C2=O)CC1. The summed E-state index contributed by atoms with van der Waals surface area (Å²) in [7, 11) is 1.71. The minimum atomic E-state index is -0.360. The predicted octanol–water partition coefficient (Wildman–Crippen LogP) is 1.37. The zero-order valence-electron chi connectivity index (χ0n) is 16.1. The summed E-state index contributed by atoms with van der Waals surface area (Å²) in [6, 6.07) is 3.40. The second-order valence-corrected chi connectivity index (χ2v) is 7.69. The first-order valence-electron chi connectivity index (χ1n) is 9.39. The fourth-order valence-corrected chi connectivity index (χ4v) is 4.41. The molecule has 0 aliphatic carbocycles. The Labute approximate surface area is 168 Å². The van der Waals surface area contributed by atoms with Gasteiger partial charge in [0.1, 0.15) is 5.70 Å². The first kappa shape index (κ1) is 20.3. The van der Waals surface area contributed by atoms with Crippen molar-refractivity contribution < 1.29 is 24.2 Å². The van der Waals surface area contributed by atoms with Gasteiger partial charge in [-0.2, -0.15) is 0 Å². The van der Waals surface area contributed by atoms with E-state index in [4.69, 9.17) is 4.74 Å². The molecule has 3 amide bonds. The van der Waals surface area contributed by atoms with Gasteiger partial charge in [-0.05, 0) is 31.2 Å². The molecule has 1 aromatic rings. The highest BCUT2D eigenvalue weighted by Crippen LogP contribution is 2.36. The summed E-state index contributed by atoms with van der Waals surface area (Å²) in [6.07, 6.45) is 0.677. The van der Waals surface area contributed by atoms with Crippen LogP contribution in [-0.2, 0) is 14.3 Å². The van der Waals surface area contributed by atoms with Crippen LogP contribution in [0.4, 0.5) is 4.79 Å². The number of aliphatic hydroxyl groups excluding tert-OH is 1. The number of amides is 3. The lowest BCUT2D eigenvalue weighted by Gasteiger charge is -2.35. The number of piperidine rings is 1. The summed E-state index contributed by atoms with van der Waals surface area (Å²) in [5.41, 5.74) is 0.720. The third-order valence-corrected chi connectivity index (χ3v) is 5.92. The van der Waals surface area contributed by atoms with Gasteiger partial charge in [-0.25, -0.2) is 4.79 Å². The van der Waals surface area contributed by atoms with Crippen LogP contribution in [0.5, 0.6) is 0 Å². The molecule has 0 aromatic carbocycles. The van der Waals surface area contributed by atoms with E-state index in [1.54, 1.807) is 23.8 Å². The quantitative estimate of drug-likeness (QED) is 0.717. The summed E-state index contributed by atoms with van der Waals surface area (Å²) in [5, 5.41) is 11.2. The van der Waals surface area contributed by atoms with Crippen molar-refractivity contribution in [2.75, 3.05) is 39.9 Å². The molecule has 0 atom stereocenters. The van der Waals surface area contributed by atoms with Crippen LogP contribution >= 0.6 is 11.3 Å². The number of rotatable bonds is 6. The number of imide groups is 1. The van der Waals surface area contributed by atoms with Crippen LogP contribution in [0.3, 0.4) is 0 Å². The molecule has 0 unspecified atom stereocenters. The monoisotopic (exact) mass is 407 g/mol. The number of thiophene rings is 1. The van der Waals surface area contributed by atoms with E-state index in [0.29, 0.717) is 43.8 Å². The number of carbonyl (C=O) groups is 3. The van der Waals surface area contributed by atoms with Crippen molar-refractivity contribution >= 4 is 34.8 Å². The van der Waals surface area contributed by atoms with Crippen LogP contribution in [0.25, 0.3) is 5.57 Å². The molecule has 2 aliphatic rings. The van der Waals surface area contributed by atoms with Gasteiger partial charge in [0, 0.05) is 37.6 Å². The van der Waals surface area contributed by atoms with Crippen LogP contribution in [0.1, 0.15) is 24.6 Å². The number of carbonyl (C=O) groups excluding carboxylic acids is 3. The number of likely N-dealkylation sites (N-methyl/N-ethyl adjacent to an activating group) is 1. The smallest absolute Gasteiger partial charge is 0.409 e. The number of nitrogens with zero attached hydrogens (tertiary/aromatic N) is 3. The normalized spacial score (nSPS) is 18.2. The zero-order valence-corrected chi connectivity index (χ0v) is 16.9. The molecule has 0 radical (unpaired) electrons. The maximum Gasteiger partial charge on any atom is 0.409 e. The molecule has 8 nitrogen and oxygen atoms in total. The molecule has 152 valence electrons. The largest absolute Gasteiger partial charge is 0.450 e. The number of likely N-dealkylation sites (tertiary alicyclic amines) is 1. The molecular weight excluding hydrogens is 382 g/mol. The van der Waals surface area contributed by atoms with Crippen LogP contribution in [0.2, 0.25) is 0 Å². The molecule has 0 spiro atoms. The predicted molar refractivity (Wildman–Crippen MR) is 104 cm³/mol. The Morgan fingerprint density at radius 2 is 2.04 bits per heavy atom. The Morgan fingerprint density at radius 1 is 1.32 bits per heavy atom. The van der Waals surface area contributed by atoms with Crippen LogP contribution in [-0.4, -0.2) is 83.7 Å². The van der Waals surface area contributed by atoms with Gasteiger partial charge >= 0.3 is 6.09 Å². The number of aliphatic hydroxyl groups is 1. The third-order valence-electron chi connectivity index (χ3n) is 5.03. The Kier molecular flexibility index (Phi) is 6.35. The van der Waals surface area contributed by atoms with Crippen molar-refractivity contribution in [2.45, 2.75) is 25.8 Å². The van der Waals surface area contributed by atoms with Crippen molar-refractivity contribution in [1.82, 2.24) is 14.7 Å². The number of hydrogen-bond donors (Lipinski definition) is 1. The van der Waals surface area contributed by atoms with Crippen molar-refractivity contribution in [3.05, 3.63) is 28.1 Å². The second-order valence-electron chi connectivity index (χ2n) is 6.74. The van der Waals surface area contributed by atoms with Crippen molar-refractivity contribution in [1.29, 1.82) is 0 Å². The summed E-state index contributed by atoms with van der Waals surface area (Å²) >= 11 is 1.41. The first-order valence-corrected chi connectivity index (χ1v) is 10.3. The lowest BCUT2D eigenvalue weighted by Crippen LogP contribution is -2.49. The average Bonchev–Trinajstić information content (AvgIpc) is 3.28. The molecule has 9 heteroatoms. The maximum atomic E-state index is 13.2. The van der Waals surface area contributed by atoms with E-state index in [1.807, 2.05) is 17.5 Å². The molecule has 0 saturated carbocycles. The van der Waals surface area contributed by atoms with E-state index in [2.05, 4.69) is 0 Å². The minimum absolute atomic E-state index is 0.114. The second kappa shape index (κ2) is 8.74. The Hall–Kier alpha value is -2.39. The molecule has 0 bridgehead atoms. The van der Waals surface area contributed by atoms with Gasteiger partial charge < -0.3 is 19.6 Å². The summed E-state index contributed by atoms with van der Waals surface area (Å²) in [5.74, 6) is -0.638. The van der Waals surface area contributed by atoms with Gasteiger partial charge in [-0.3, -0.25) is 14.5 Å². The summed E-state index contributed by atoms with van der Waals surface area (Å²) in [4.78, 5) is 43.6. The molecule has 1 saturated heterocycles. The average molecular weight is 407 g/mol. The van der Waals surface area contributed by atoms with E-state index >= 15 is 0 Å². The van der Waals surface area contributed by atoms with E-state index < -0.39 is 0 Å². The van der Waals surface area contributed by atoms with Crippen molar-refractivity contribution in [2.24, 2.45) is 0 Å². The van der Waals surface area contributed by atoms with Crippen LogP contribution in [0.15, 0.2) is 23.2 Å².